The van der Waals surface area contributed by atoms with Gasteiger partial charge in [0.1, 0.15) is 0 Å². The van der Waals surface area contributed by atoms with Crippen LogP contribution in [-0.2, 0) is 0 Å². The minimum absolute atomic E-state index is 0.142. The number of carbonyl (C=O) groups is 2. The quantitative estimate of drug-likeness (QED) is 0.841. The van der Waals surface area contributed by atoms with Crippen molar-refractivity contribution in [1.29, 1.82) is 0 Å². The van der Waals surface area contributed by atoms with E-state index in [9.17, 15) is 9.59 Å². The Morgan fingerprint density at radius 1 is 1.11 bits per heavy atom. The first-order chi connectivity index (χ1) is 9.27. The third kappa shape index (κ3) is 2.28. The summed E-state index contributed by atoms with van der Waals surface area (Å²) in [4.78, 5) is 25.7. The summed E-state index contributed by atoms with van der Waals surface area (Å²) in [6.07, 6.45) is 4.46. The fraction of sp³-hybridized carbons (Fsp3) is 0.467. The van der Waals surface area contributed by atoms with Gasteiger partial charge in [0.2, 0.25) is 0 Å². The third-order valence-corrected chi connectivity index (χ3v) is 3.99. The predicted octanol–water partition coefficient (Wildman–Crippen LogP) is 1.81. The average molecular weight is 258 g/mol. The molecule has 1 atom stereocenters. The van der Waals surface area contributed by atoms with Crippen LogP contribution in [0.1, 0.15) is 46.4 Å². The van der Waals surface area contributed by atoms with Gasteiger partial charge in [-0.05, 0) is 37.9 Å². The van der Waals surface area contributed by atoms with Crippen LogP contribution in [0.2, 0.25) is 0 Å². The molecule has 4 nitrogen and oxygen atoms in total. The number of imide groups is 1. The average Bonchev–Trinajstić information content (AvgIpc) is 2.71. The molecule has 100 valence electrons. The first-order valence-electron chi connectivity index (χ1n) is 6.96. The number of carbonyl (C=O) groups excluding carboxylic acids is 2. The number of hydrogen-bond acceptors (Lipinski definition) is 3. The highest BCUT2D eigenvalue weighted by atomic mass is 16.2. The van der Waals surface area contributed by atoms with Crippen LogP contribution in [0.15, 0.2) is 24.3 Å². The van der Waals surface area contributed by atoms with Gasteiger partial charge in [-0.15, -0.1) is 0 Å². The van der Waals surface area contributed by atoms with Gasteiger partial charge >= 0.3 is 0 Å². The number of fused-ring (bicyclic) bond motifs is 1. The molecule has 2 aliphatic rings. The Labute approximate surface area is 112 Å². The van der Waals surface area contributed by atoms with Gasteiger partial charge in [-0.1, -0.05) is 18.6 Å². The normalized spacial score (nSPS) is 22.7. The molecule has 1 aromatic rings. The SMILES string of the molecule is O=C1c2ccccc2C(=O)N1CCC1CCCCN1. The molecule has 1 N–H and O–H groups in total. The minimum atomic E-state index is -0.142. The van der Waals surface area contributed by atoms with E-state index in [1.54, 1.807) is 24.3 Å². The highest BCUT2D eigenvalue weighted by Gasteiger charge is 2.34. The minimum Gasteiger partial charge on any atom is -0.314 e. The Hall–Kier alpha value is -1.68. The molecule has 3 rings (SSSR count). The fourth-order valence-electron chi connectivity index (χ4n) is 2.90. The number of piperidine rings is 1. The second-order valence-corrected chi connectivity index (χ2v) is 5.24. The molecule has 1 fully saturated rings. The molecule has 0 saturated carbocycles. The van der Waals surface area contributed by atoms with Gasteiger partial charge < -0.3 is 5.32 Å². The van der Waals surface area contributed by atoms with Gasteiger partial charge in [-0.25, -0.2) is 0 Å². The molecule has 0 spiro atoms. The van der Waals surface area contributed by atoms with Crippen LogP contribution in [0.3, 0.4) is 0 Å². The summed E-state index contributed by atoms with van der Waals surface area (Å²) in [7, 11) is 0. The van der Waals surface area contributed by atoms with E-state index in [0.29, 0.717) is 23.7 Å². The topological polar surface area (TPSA) is 49.4 Å². The summed E-state index contributed by atoms with van der Waals surface area (Å²) < 4.78 is 0. The van der Waals surface area contributed by atoms with Crippen molar-refractivity contribution in [2.75, 3.05) is 13.1 Å². The lowest BCUT2D eigenvalue weighted by Crippen LogP contribution is -2.39. The highest BCUT2D eigenvalue weighted by Crippen LogP contribution is 2.23. The zero-order chi connectivity index (χ0) is 13.2. The zero-order valence-electron chi connectivity index (χ0n) is 10.9. The van der Waals surface area contributed by atoms with Crippen molar-refractivity contribution in [1.82, 2.24) is 10.2 Å². The lowest BCUT2D eigenvalue weighted by atomic mass is 10.0. The second-order valence-electron chi connectivity index (χ2n) is 5.24. The Kier molecular flexibility index (Phi) is 3.34. The molecular formula is C15H18N2O2. The summed E-state index contributed by atoms with van der Waals surface area (Å²) in [5.41, 5.74) is 1.09. The molecule has 0 radical (unpaired) electrons. The number of benzene rings is 1. The number of amides is 2. The first kappa shape index (κ1) is 12.4. The van der Waals surface area contributed by atoms with Gasteiger partial charge in [0.05, 0.1) is 11.1 Å². The monoisotopic (exact) mass is 258 g/mol. The molecule has 1 aromatic carbocycles. The largest absolute Gasteiger partial charge is 0.314 e. The van der Waals surface area contributed by atoms with Crippen LogP contribution in [0.4, 0.5) is 0 Å². The maximum absolute atomic E-state index is 12.2. The van der Waals surface area contributed by atoms with Crippen LogP contribution >= 0.6 is 0 Å². The molecule has 0 aliphatic carbocycles. The lowest BCUT2D eigenvalue weighted by Gasteiger charge is -2.25. The summed E-state index contributed by atoms with van der Waals surface area (Å²) in [6, 6.07) is 7.51. The Balaban J connectivity index is 1.67. The van der Waals surface area contributed by atoms with Gasteiger partial charge in [0.15, 0.2) is 0 Å². The van der Waals surface area contributed by atoms with Crippen LogP contribution in [0.25, 0.3) is 0 Å². The predicted molar refractivity (Wildman–Crippen MR) is 72.1 cm³/mol. The zero-order valence-corrected chi connectivity index (χ0v) is 10.9. The molecular weight excluding hydrogens is 240 g/mol. The van der Waals surface area contributed by atoms with E-state index in [1.807, 2.05) is 0 Å². The van der Waals surface area contributed by atoms with Gasteiger partial charge in [-0.3, -0.25) is 14.5 Å². The summed E-state index contributed by atoms with van der Waals surface area (Å²) >= 11 is 0. The van der Waals surface area contributed by atoms with E-state index in [2.05, 4.69) is 5.32 Å². The number of nitrogens with one attached hydrogen (secondary N) is 1. The number of hydrogen-bond donors (Lipinski definition) is 1. The Bertz CT molecular complexity index is 472. The molecule has 1 unspecified atom stereocenters. The molecule has 2 amide bonds. The van der Waals surface area contributed by atoms with Crippen molar-refractivity contribution in [2.24, 2.45) is 0 Å². The Morgan fingerprint density at radius 2 is 1.79 bits per heavy atom. The van der Waals surface area contributed by atoms with Crippen LogP contribution in [-0.4, -0.2) is 35.8 Å². The maximum atomic E-state index is 12.2. The highest BCUT2D eigenvalue weighted by molar-refractivity contribution is 6.21. The van der Waals surface area contributed by atoms with E-state index in [-0.39, 0.29) is 11.8 Å². The van der Waals surface area contributed by atoms with E-state index in [0.717, 1.165) is 19.4 Å². The van der Waals surface area contributed by atoms with Crippen molar-refractivity contribution < 1.29 is 9.59 Å². The van der Waals surface area contributed by atoms with E-state index in [1.165, 1.54) is 17.7 Å². The van der Waals surface area contributed by atoms with Crippen LogP contribution in [0.5, 0.6) is 0 Å². The van der Waals surface area contributed by atoms with Gasteiger partial charge in [-0.2, -0.15) is 0 Å². The van der Waals surface area contributed by atoms with E-state index >= 15 is 0 Å². The molecule has 0 bridgehead atoms. The van der Waals surface area contributed by atoms with E-state index < -0.39 is 0 Å². The number of nitrogens with zero attached hydrogens (tertiary/aromatic N) is 1. The summed E-state index contributed by atoms with van der Waals surface area (Å²) in [5.74, 6) is -0.284. The molecule has 2 aliphatic heterocycles. The molecule has 0 aromatic heterocycles. The lowest BCUT2D eigenvalue weighted by molar-refractivity contribution is 0.0647. The maximum Gasteiger partial charge on any atom is 0.261 e. The smallest absolute Gasteiger partial charge is 0.261 e. The van der Waals surface area contributed by atoms with Crippen LogP contribution in [0, 0.1) is 0 Å². The van der Waals surface area contributed by atoms with Crippen molar-refractivity contribution in [2.45, 2.75) is 31.7 Å². The van der Waals surface area contributed by atoms with Crippen LogP contribution < -0.4 is 5.32 Å². The molecule has 4 heteroatoms. The summed E-state index contributed by atoms with van der Waals surface area (Å²) in [5, 5.41) is 3.44. The number of rotatable bonds is 3. The van der Waals surface area contributed by atoms with Gasteiger partial charge in [0.25, 0.3) is 11.8 Å². The van der Waals surface area contributed by atoms with Crippen molar-refractivity contribution in [3.8, 4) is 0 Å². The molecule has 19 heavy (non-hydrogen) atoms. The molecule has 1 saturated heterocycles. The van der Waals surface area contributed by atoms with Crippen molar-refractivity contribution >= 4 is 11.8 Å². The molecule has 2 heterocycles. The standard InChI is InChI=1S/C15H18N2O2/c18-14-12-6-1-2-7-13(12)15(19)17(14)10-8-11-5-3-4-9-16-11/h1-2,6-7,11,16H,3-5,8-10H2. The van der Waals surface area contributed by atoms with Crippen molar-refractivity contribution in [3.05, 3.63) is 35.4 Å². The van der Waals surface area contributed by atoms with Crippen molar-refractivity contribution in [3.63, 3.8) is 0 Å². The summed E-state index contributed by atoms with van der Waals surface area (Å²) in [6.45, 7) is 1.57. The fourth-order valence-corrected chi connectivity index (χ4v) is 2.90. The first-order valence-corrected chi connectivity index (χ1v) is 6.96. The van der Waals surface area contributed by atoms with Gasteiger partial charge in [0, 0.05) is 12.6 Å². The van der Waals surface area contributed by atoms with E-state index in [4.69, 9.17) is 0 Å². The second kappa shape index (κ2) is 5.13. The Morgan fingerprint density at radius 3 is 2.37 bits per heavy atom. The third-order valence-electron chi connectivity index (χ3n) is 3.99.